The molecule has 0 bridgehead atoms. The summed E-state index contributed by atoms with van der Waals surface area (Å²) in [4.78, 5) is 28.9. The third-order valence-corrected chi connectivity index (χ3v) is 5.37. The fraction of sp³-hybridized carbons (Fsp3) is 0.391. The van der Waals surface area contributed by atoms with E-state index >= 15 is 0 Å². The second-order valence-electron chi connectivity index (χ2n) is 7.22. The van der Waals surface area contributed by atoms with Gasteiger partial charge in [-0.3, -0.25) is 9.59 Å². The number of halogens is 1. The van der Waals surface area contributed by atoms with E-state index in [0.717, 1.165) is 16.7 Å². The molecule has 0 aromatic heterocycles. The second kappa shape index (κ2) is 9.00. The monoisotopic (exact) mass is 382 g/mol. The molecule has 1 unspecified atom stereocenters. The van der Waals surface area contributed by atoms with Crippen molar-refractivity contribution in [1.82, 2.24) is 9.80 Å². The van der Waals surface area contributed by atoms with Gasteiger partial charge in [0.15, 0.2) is 0 Å². The molecule has 2 aromatic rings. The van der Waals surface area contributed by atoms with Crippen LogP contribution < -0.4 is 0 Å². The maximum absolute atomic E-state index is 13.2. The summed E-state index contributed by atoms with van der Waals surface area (Å²) in [5.41, 5.74) is 2.97. The van der Waals surface area contributed by atoms with Crippen molar-refractivity contribution in [3.8, 4) is 11.1 Å². The van der Waals surface area contributed by atoms with E-state index < -0.39 is 0 Å². The molecule has 2 aromatic carbocycles. The van der Waals surface area contributed by atoms with E-state index in [1.165, 1.54) is 12.1 Å². The van der Waals surface area contributed by atoms with Gasteiger partial charge in [-0.05, 0) is 42.2 Å². The quantitative estimate of drug-likeness (QED) is 0.790. The molecule has 1 saturated heterocycles. The van der Waals surface area contributed by atoms with Crippen LogP contribution in [0.4, 0.5) is 4.39 Å². The van der Waals surface area contributed by atoms with Crippen molar-refractivity contribution >= 4 is 11.8 Å². The summed E-state index contributed by atoms with van der Waals surface area (Å²) < 4.78 is 13.2. The maximum Gasteiger partial charge on any atom is 0.227 e. The largest absolute Gasteiger partial charge is 0.341 e. The Labute approximate surface area is 166 Å². The second-order valence-corrected chi connectivity index (χ2v) is 7.22. The van der Waals surface area contributed by atoms with Crippen molar-refractivity contribution < 1.29 is 14.0 Å². The molecule has 0 aliphatic carbocycles. The molecule has 0 N–H and O–H groups in total. The van der Waals surface area contributed by atoms with Gasteiger partial charge in [0.25, 0.3) is 0 Å². The van der Waals surface area contributed by atoms with Crippen LogP contribution in [0.15, 0.2) is 48.5 Å². The third kappa shape index (κ3) is 4.58. The molecule has 2 amide bonds. The van der Waals surface area contributed by atoms with Crippen molar-refractivity contribution in [1.29, 1.82) is 0 Å². The molecular weight excluding hydrogens is 355 g/mol. The van der Waals surface area contributed by atoms with Crippen molar-refractivity contribution in [3.05, 3.63) is 59.9 Å². The normalized spacial score (nSPS) is 17.5. The highest BCUT2D eigenvalue weighted by Gasteiger charge is 2.31. The summed E-state index contributed by atoms with van der Waals surface area (Å²) >= 11 is 0. The summed E-state index contributed by atoms with van der Waals surface area (Å²) in [5.74, 6) is -0.303. The van der Waals surface area contributed by atoms with E-state index in [0.29, 0.717) is 39.0 Å². The van der Waals surface area contributed by atoms with Crippen molar-refractivity contribution in [2.75, 3.05) is 26.2 Å². The molecule has 1 aliphatic heterocycles. The van der Waals surface area contributed by atoms with Crippen LogP contribution in [0, 0.1) is 11.7 Å². The average molecular weight is 382 g/mol. The predicted octanol–water partition coefficient (Wildman–Crippen LogP) is 3.75. The first-order chi connectivity index (χ1) is 13.5. The summed E-state index contributed by atoms with van der Waals surface area (Å²) in [6.07, 6.45) is 1.03. The highest BCUT2D eigenvalue weighted by Crippen LogP contribution is 2.24. The Morgan fingerprint density at radius 3 is 2.50 bits per heavy atom. The fourth-order valence-corrected chi connectivity index (χ4v) is 3.77. The van der Waals surface area contributed by atoms with Crippen LogP contribution in [-0.4, -0.2) is 47.8 Å². The molecule has 4 nitrogen and oxygen atoms in total. The van der Waals surface area contributed by atoms with Crippen molar-refractivity contribution in [2.45, 2.75) is 26.7 Å². The topological polar surface area (TPSA) is 40.6 Å². The first kappa shape index (κ1) is 20.1. The first-order valence-electron chi connectivity index (χ1n) is 9.93. The Morgan fingerprint density at radius 1 is 1.07 bits per heavy atom. The van der Waals surface area contributed by atoms with E-state index in [2.05, 4.69) is 0 Å². The molecule has 5 heteroatoms. The van der Waals surface area contributed by atoms with Gasteiger partial charge in [0, 0.05) is 32.6 Å². The number of hydrogen-bond donors (Lipinski definition) is 0. The van der Waals surface area contributed by atoms with Gasteiger partial charge in [-0.1, -0.05) is 43.3 Å². The smallest absolute Gasteiger partial charge is 0.227 e. The van der Waals surface area contributed by atoms with Crippen LogP contribution in [-0.2, 0) is 16.0 Å². The minimum atomic E-state index is -0.260. The summed E-state index contributed by atoms with van der Waals surface area (Å²) in [5, 5.41) is 0. The van der Waals surface area contributed by atoms with Gasteiger partial charge in [0.1, 0.15) is 5.82 Å². The molecule has 148 valence electrons. The summed E-state index contributed by atoms with van der Waals surface area (Å²) in [6.45, 7) is 6.13. The molecule has 1 fully saturated rings. The molecule has 0 saturated carbocycles. The zero-order chi connectivity index (χ0) is 20.1. The molecule has 1 atom stereocenters. The van der Waals surface area contributed by atoms with Gasteiger partial charge in [0.2, 0.25) is 11.8 Å². The number of rotatable bonds is 5. The van der Waals surface area contributed by atoms with Crippen LogP contribution in [0.25, 0.3) is 11.1 Å². The number of amides is 2. The Morgan fingerprint density at radius 2 is 1.82 bits per heavy atom. The lowest BCUT2D eigenvalue weighted by atomic mass is 9.94. The van der Waals surface area contributed by atoms with Crippen molar-refractivity contribution in [3.63, 3.8) is 0 Å². The van der Waals surface area contributed by atoms with E-state index in [1.54, 1.807) is 12.1 Å². The van der Waals surface area contributed by atoms with Gasteiger partial charge >= 0.3 is 0 Å². The van der Waals surface area contributed by atoms with Crippen LogP contribution in [0.5, 0.6) is 0 Å². The number of hydrogen-bond acceptors (Lipinski definition) is 2. The van der Waals surface area contributed by atoms with Crippen LogP contribution in [0.3, 0.4) is 0 Å². The van der Waals surface area contributed by atoms with E-state index in [1.807, 2.05) is 47.9 Å². The molecule has 1 heterocycles. The number of carbonyl (C=O) groups excluding carboxylic acids is 2. The van der Waals surface area contributed by atoms with Crippen molar-refractivity contribution in [2.24, 2.45) is 5.92 Å². The zero-order valence-corrected chi connectivity index (χ0v) is 16.5. The number of nitrogens with zero attached hydrogens (tertiary/aromatic N) is 2. The summed E-state index contributed by atoms with van der Waals surface area (Å²) in [7, 11) is 0. The lowest BCUT2D eigenvalue weighted by Crippen LogP contribution is -2.37. The van der Waals surface area contributed by atoms with Gasteiger partial charge in [-0.25, -0.2) is 4.39 Å². The van der Waals surface area contributed by atoms with E-state index in [9.17, 15) is 14.0 Å². The van der Waals surface area contributed by atoms with Gasteiger partial charge in [0.05, 0.1) is 5.92 Å². The van der Waals surface area contributed by atoms with Crippen LogP contribution in [0.2, 0.25) is 0 Å². The van der Waals surface area contributed by atoms with Crippen LogP contribution >= 0.6 is 0 Å². The Bertz CT molecular complexity index is 835. The third-order valence-electron chi connectivity index (χ3n) is 5.37. The Kier molecular flexibility index (Phi) is 6.45. The average Bonchev–Trinajstić information content (AvgIpc) is 2.87. The minimum absolute atomic E-state index is 0.0933. The van der Waals surface area contributed by atoms with E-state index in [4.69, 9.17) is 0 Å². The lowest BCUT2D eigenvalue weighted by molar-refractivity contribution is -0.134. The molecule has 0 radical (unpaired) electrons. The standard InChI is InChI=1S/C23H27FN2O2/c1-3-22(27)26-13-12-25(4-2)23(28)20(16-26)15-17-6-5-7-19(14-17)18-8-10-21(24)11-9-18/h5-11,14,20H,3-4,12-13,15-16H2,1-2H3. The molecule has 1 aliphatic rings. The highest BCUT2D eigenvalue weighted by molar-refractivity contribution is 5.82. The fourth-order valence-electron chi connectivity index (χ4n) is 3.77. The Balaban J connectivity index is 1.83. The lowest BCUT2D eigenvalue weighted by Gasteiger charge is -2.23. The molecule has 3 rings (SSSR count). The van der Waals surface area contributed by atoms with Gasteiger partial charge in [-0.15, -0.1) is 0 Å². The zero-order valence-electron chi connectivity index (χ0n) is 16.5. The molecule has 28 heavy (non-hydrogen) atoms. The van der Waals surface area contributed by atoms with Gasteiger partial charge < -0.3 is 9.80 Å². The highest BCUT2D eigenvalue weighted by atomic mass is 19.1. The summed E-state index contributed by atoms with van der Waals surface area (Å²) in [6, 6.07) is 14.4. The van der Waals surface area contributed by atoms with Gasteiger partial charge in [-0.2, -0.15) is 0 Å². The predicted molar refractivity (Wildman–Crippen MR) is 108 cm³/mol. The first-order valence-corrected chi connectivity index (χ1v) is 9.93. The number of benzene rings is 2. The molecular formula is C23H27FN2O2. The maximum atomic E-state index is 13.2. The number of likely N-dealkylation sites (N-methyl/N-ethyl adjacent to an activating group) is 1. The SMILES string of the molecule is CCC(=O)N1CCN(CC)C(=O)C(Cc2cccc(-c3ccc(F)cc3)c2)C1. The minimum Gasteiger partial charge on any atom is -0.341 e. The van der Waals surface area contributed by atoms with Crippen LogP contribution in [0.1, 0.15) is 25.8 Å². The van der Waals surface area contributed by atoms with E-state index in [-0.39, 0.29) is 23.5 Å². The Hall–Kier alpha value is -2.69. The molecule has 0 spiro atoms. The number of carbonyl (C=O) groups is 2.